The van der Waals surface area contributed by atoms with Crippen LogP contribution < -0.4 is 10.9 Å². The number of nitrogens with zero attached hydrogens (tertiary/aromatic N) is 1. The molecule has 2 aromatic carbocycles. The van der Waals surface area contributed by atoms with Crippen LogP contribution in [0.1, 0.15) is 20.9 Å². The summed E-state index contributed by atoms with van der Waals surface area (Å²) in [5.41, 5.74) is 6.40. The van der Waals surface area contributed by atoms with Gasteiger partial charge in [-0.2, -0.15) is 0 Å². The first-order valence-electron chi connectivity index (χ1n) is 8.10. The van der Waals surface area contributed by atoms with E-state index >= 15 is 0 Å². The predicted octanol–water partition coefficient (Wildman–Crippen LogP) is 3.73. The van der Waals surface area contributed by atoms with Crippen LogP contribution in [0.15, 0.2) is 60.7 Å². The van der Waals surface area contributed by atoms with Crippen molar-refractivity contribution in [3.8, 4) is 10.6 Å². The normalized spacial score (nSPS) is 10.7. The molecule has 0 aliphatic heterocycles. The van der Waals surface area contributed by atoms with Gasteiger partial charge in [0.25, 0.3) is 11.8 Å². The fraction of sp³-hybridized carbons (Fsp3) is 0.0500. The van der Waals surface area contributed by atoms with E-state index in [1.54, 1.807) is 25.1 Å². The van der Waals surface area contributed by atoms with E-state index in [-0.39, 0.29) is 5.56 Å². The summed E-state index contributed by atoms with van der Waals surface area (Å²) in [5, 5.41) is 0.726. The minimum Gasteiger partial charge on any atom is -0.268 e. The third kappa shape index (κ3) is 4.65. The van der Waals surface area contributed by atoms with Crippen LogP contribution in [0.4, 0.5) is 4.39 Å². The van der Waals surface area contributed by atoms with E-state index in [0.29, 0.717) is 10.6 Å². The van der Waals surface area contributed by atoms with E-state index in [1.807, 2.05) is 30.3 Å². The van der Waals surface area contributed by atoms with E-state index in [4.69, 9.17) is 0 Å². The van der Waals surface area contributed by atoms with Gasteiger partial charge in [-0.3, -0.25) is 20.4 Å². The van der Waals surface area contributed by atoms with Gasteiger partial charge in [-0.25, -0.2) is 9.37 Å². The molecule has 0 unspecified atom stereocenters. The van der Waals surface area contributed by atoms with Crippen molar-refractivity contribution in [1.82, 2.24) is 15.8 Å². The lowest BCUT2D eigenvalue weighted by Gasteiger charge is -2.04. The topological polar surface area (TPSA) is 71.1 Å². The van der Waals surface area contributed by atoms with E-state index in [9.17, 15) is 14.0 Å². The average molecular weight is 381 g/mol. The first-order valence-corrected chi connectivity index (χ1v) is 8.92. The van der Waals surface area contributed by atoms with Gasteiger partial charge in [0.1, 0.15) is 15.7 Å². The third-order valence-corrected chi connectivity index (χ3v) is 4.85. The summed E-state index contributed by atoms with van der Waals surface area (Å²) < 4.78 is 13.5. The van der Waals surface area contributed by atoms with Gasteiger partial charge in [-0.15, -0.1) is 11.3 Å². The monoisotopic (exact) mass is 381 g/mol. The van der Waals surface area contributed by atoms with Crippen LogP contribution >= 0.6 is 11.3 Å². The Labute approximate surface area is 159 Å². The molecule has 0 fully saturated rings. The Balaban J connectivity index is 1.62. The molecular formula is C20H16FN3O2S. The molecule has 7 heteroatoms. The van der Waals surface area contributed by atoms with Crippen LogP contribution in [-0.2, 0) is 4.79 Å². The van der Waals surface area contributed by atoms with E-state index in [1.165, 1.54) is 23.5 Å². The van der Waals surface area contributed by atoms with Crippen LogP contribution in [0.25, 0.3) is 16.6 Å². The molecule has 0 bridgehead atoms. The first kappa shape index (κ1) is 18.5. The lowest BCUT2D eigenvalue weighted by Crippen LogP contribution is -2.40. The van der Waals surface area contributed by atoms with Gasteiger partial charge in [0.05, 0.1) is 5.69 Å². The van der Waals surface area contributed by atoms with Crippen LogP contribution in [0, 0.1) is 12.7 Å². The van der Waals surface area contributed by atoms with Gasteiger partial charge in [0.15, 0.2) is 0 Å². The van der Waals surface area contributed by atoms with Gasteiger partial charge in [0, 0.05) is 17.2 Å². The SMILES string of the molecule is Cc1nc(-c2ccccc2)sc1C(=O)NNC(=O)/C=C/c1ccccc1F. The maximum atomic E-state index is 13.5. The number of carbonyl (C=O) groups is 2. The zero-order valence-electron chi connectivity index (χ0n) is 14.4. The van der Waals surface area contributed by atoms with Crippen LogP contribution in [-0.4, -0.2) is 16.8 Å². The van der Waals surface area contributed by atoms with Gasteiger partial charge >= 0.3 is 0 Å². The molecule has 27 heavy (non-hydrogen) atoms. The van der Waals surface area contributed by atoms with Gasteiger partial charge in [-0.05, 0) is 19.1 Å². The number of hydrogen-bond acceptors (Lipinski definition) is 4. The molecule has 0 spiro atoms. The quantitative estimate of drug-likeness (QED) is 0.534. The molecule has 3 rings (SSSR count). The number of hydrogen-bond donors (Lipinski definition) is 2. The average Bonchev–Trinajstić information content (AvgIpc) is 3.08. The number of carbonyl (C=O) groups excluding carboxylic acids is 2. The van der Waals surface area contributed by atoms with E-state index in [2.05, 4.69) is 15.8 Å². The highest BCUT2D eigenvalue weighted by molar-refractivity contribution is 7.17. The minimum atomic E-state index is -0.572. The Kier molecular flexibility index (Phi) is 5.73. The number of aromatic nitrogens is 1. The first-order chi connectivity index (χ1) is 13.0. The molecule has 136 valence electrons. The molecule has 0 saturated carbocycles. The molecule has 0 radical (unpaired) electrons. The Morgan fingerprint density at radius 2 is 1.74 bits per heavy atom. The standard InChI is InChI=1S/C20H16FN3O2S/c1-13-18(27-20(22-13)15-8-3-2-4-9-15)19(26)24-23-17(25)12-11-14-7-5-6-10-16(14)21/h2-12H,1H3,(H,23,25)(H,24,26)/b12-11+. The molecule has 0 aliphatic rings. The lowest BCUT2D eigenvalue weighted by atomic mass is 10.2. The predicted molar refractivity (Wildman–Crippen MR) is 103 cm³/mol. The number of halogens is 1. The molecule has 1 aromatic heterocycles. The number of benzene rings is 2. The second-order valence-electron chi connectivity index (χ2n) is 5.60. The molecule has 0 saturated heterocycles. The molecule has 2 N–H and O–H groups in total. The number of aryl methyl sites for hydroxylation is 1. The third-order valence-electron chi connectivity index (χ3n) is 3.64. The van der Waals surface area contributed by atoms with Crippen molar-refractivity contribution in [2.45, 2.75) is 6.92 Å². The molecule has 5 nitrogen and oxygen atoms in total. The molecule has 0 aliphatic carbocycles. The highest BCUT2D eigenvalue weighted by Crippen LogP contribution is 2.27. The molecule has 3 aromatic rings. The number of hydrazine groups is 1. The largest absolute Gasteiger partial charge is 0.281 e. The van der Waals surface area contributed by atoms with Crippen LogP contribution in [0.3, 0.4) is 0 Å². The van der Waals surface area contributed by atoms with Crippen LogP contribution in [0.2, 0.25) is 0 Å². The summed E-state index contributed by atoms with van der Waals surface area (Å²) in [6, 6.07) is 15.6. The van der Waals surface area contributed by atoms with Crippen molar-refractivity contribution >= 4 is 29.2 Å². The van der Waals surface area contributed by atoms with Crippen molar-refractivity contribution in [3.63, 3.8) is 0 Å². The summed E-state index contributed by atoms with van der Waals surface area (Å²) >= 11 is 1.24. The van der Waals surface area contributed by atoms with Crippen molar-refractivity contribution in [2.24, 2.45) is 0 Å². The van der Waals surface area contributed by atoms with Gasteiger partial charge in [-0.1, -0.05) is 48.5 Å². The van der Waals surface area contributed by atoms with Crippen molar-refractivity contribution in [3.05, 3.63) is 82.6 Å². The zero-order chi connectivity index (χ0) is 19.2. The highest BCUT2D eigenvalue weighted by atomic mass is 32.1. The van der Waals surface area contributed by atoms with Crippen molar-refractivity contribution in [1.29, 1.82) is 0 Å². The van der Waals surface area contributed by atoms with E-state index < -0.39 is 17.6 Å². The van der Waals surface area contributed by atoms with Gasteiger partial charge in [0.2, 0.25) is 0 Å². The fourth-order valence-electron chi connectivity index (χ4n) is 2.30. The highest BCUT2D eigenvalue weighted by Gasteiger charge is 2.16. The van der Waals surface area contributed by atoms with Gasteiger partial charge < -0.3 is 0 Å². The summed E-state index contributed by atoms with van der Waals surface area (Å²) in [4.78, 5) is 28.9. The van der Waals surface area contributed by atoms with Crippen molar-refractivity contribution in [2.75, 3.05) is 0 Å². The Morgan fingerprint density at radius 3 is 2.48 bits per heavy atom. The Morgan fingerprint density at radius 1 is 1.04 bits per heavy atom. The molecule has 2 amide bonds. The number of rotatable bonds is 4. The Bertz CT molecular complexity index is 999. The molecular weight excluding hydrogens is 365 g/mol. The number of nitrogens with one attached hydrogen (secondary N) is 2. The summed E-state index contributed by atoms with van der Waals surface area (Å²) in [6.45, 7) is 1.73. The Hall–Kier alpha value is -3.32. The second kappa shape index (κ2) is 8.37. The maximum absolute atomic E-state index is 13.5. The summed E-state index contributed by atoms with van der Waals surface area (Å²) in [6.07, 6.45) is 2.48. The lowest BCUT2D eigenvalue weighted by molar-refractivity contribution is -0.117. The minimum absolute atomic E-state index is 0.282. The number of amides is 2. The maximum Gasteiger partial charge on any atom is 0.281 e. The van der Waals surface area contributed by atoms with Crippen molar-refractivity contribution < 1.29 is 14.0 Å². The smallest absolute Gasteiger partial charge is 0.268 e. The molecule has 0 atom stereocenters. The molecule has 1 heterocycles. The fourth-order valence-corrected chi connectivity index (χ4v) is 3.27. The van der Waals surface area contributed by atoms with Crippen LogP contribution in [0.5, 0.6) is 0 Å². The zero-order valence-corrected chi connectivity index (χ0v) is 15.2. The summed E-state index contributed by atoms with van der Waals surface area (Å²) in [5.74, 6) is -1.46. The van der Waals surface area contributed by atoms with E-state index in [0.717, 1.165) is 16.6 Å². The second-order valence-corrected chi connectivity index (χ2v) is 6.60. The summed E-state index contributed by atoms with van der Waals surface area (Å²) in [7, 11) is 0. The number of thiazole rings is 1.